The van der Waals surface area contributed by atoms with Gasteiger partial charge in [-0.1, -0.05) is 37.3 Å². The predicted octanol–water partition coefficient (Wildman–Crippen LogP) is 4.20. The van der Waals surface area contributed by atoms with Gasteiger partial charge >= 0.3 is 0 Å². The van der Waals surface area contributed by atoms with Crippen molar-refractivity contribution in [2.75, 3.05) is 12.3 Å². The molecule has 0 aliphatic heterocycles. The summed E-state index contributed by atoms with van der Waals surface area (Å²) in [5.74, 6) is 1.45. The molecule has 2 aromatic rings. The fourth-order valence-electron chi connectivity index (χ4n) is 1.92. The second-order valence-electron chi connectivity index (χ2n) is 4.72. The Labute approximate surface area is 120 Å². The molecular weight excluding hydrogens is 250 g/mol. The van der Waals surface area contributed by atoms with Crippen molar-refractivity contribution in [3.8, 4) is 11.5 Å². The summed E-state index contributed by atoms with van der Waals surface area (Å²) in [6, 6.07) is 15.7. The molecular formula is C17H21NO2. The van der Waals surface area contributed by atoms with Crippen LogP contribution in [0, 0.1) is 0 Å². The van der Waals surface area contributed by atoms with Gasteiger partial charge in [0.2, 0.25) is 0 Å². The molecule has 1 atom stereocenters. The van der Waals surface area contributed by atoms with Crippen LogP contribution in [0.25, 0.3) is 0 Å². The molecule has 2 aromatic carbocycles. The SMILES string of the molecule is CCCOc1cc(OC(C)c2ccccc2)ccc1N. The van der Waals surface area contributed by atoms with Gasteiger partial charge in [-0.05, 0) is 31.0 Å². The third kappa shape index (κ3) is 3.67. The number of rotatable bonds is 6. The molecule has 3 nitrogen and oxygen atoms in total. The van der Waals surface area contributed by atoms with Crippen LogP contribution >= 0.6 is 0 Å². The number of benzene rings is 2. The molecule has 0 heterocycles. The summed E-state index contributed by atoms with van der Waals surface area (Å²) in [6.07, 6.45) is 0.934. The van der Waals surface area contributed by atoms with Gasteiger partial charge in [-0.2, -0.15) is 0 Å². The molecule has 0 saturated heterocycles. The molecule has 0 spiro atoms. The number of hydrogen-bond donors (Lipinski definition) is 1. The molecule has 0 aliphatic rings. The van der Waals surface area contributed by atoms with Gasteiger partial charge in [-0.25, -0.2) is 0 Å². The average Bonchev–Trinajstić information content (AvgIpc) is 2.48. The molecule has 0 bridgehead atoms. The van der Waals surface area contributed by atoms with E-state index < -0.39 is 0 Å². The highest BCUT2D eigenvalue weighted by atomic mass is 16.5. The van der Waals surface area contributed by atoms with E-state index >= 15 is 0 Å². The van der Waals surface area contributed by atoms with Crippen LogP contribution in [-0.2, 0) is 0 Å². The highest BCUT2D eigenvalue weighted by Crippen LogP contribution is 2.29. The summed E-state index contributed by atoms with van der Waals surface area (Å²) in [5, 5.41) is 0. The zero-order valence-corrected chi connectivity index (χ0v) is 12.0. The number of nitrogen functional groups attached to an aromatic ring is 1. The lowest BCUT2D eigenvalue weighted by Crippen LogP contribution is -2.04. The van der Waals surface area contributed by atoms with Crippen molar-refractivity contribution in [1.82, 2.24) is 0 Å². The van der Waals surface area contributed by atoms with E-state index in [9.17, 15) is 0 Å². The minimum atomic E-state index is -0.0150. The monoisotopic (exact) mass is 271 g/mol. The van der Waals surface area contributed by atoms with Crippen molar-refractivity contribution in [3.63, 3.8) is 0 Å². The average molecular weight is 271 g/mol. The molecule has 0 radical (unpaired) electrons. The Morgan fingerprint density at radius 3 is 2.55 bits per heavy atom. The van der Waals surface area contributed by atoms with Gasteiger partial charge in [0.1, 0.15) is 17.6 Å². The molecule has 3 heteroatoms. The minimum Gasteiger partial charge on any atom is -0.491 e. The zero-order chi connectivity index (χ0) is 14.4. The quantitative estimate of drug-likeness (QED) is 0.801. The van der Waals surface area contributed by atoms with Gasteiger partial charge in [-0.3, -0.25) is 0 Å². The summed E-state index contributed by atoms with van der Waals surface area (Å²) in [5.41, 5.74) is 7.67. The molecule has 106 valence electrons. The molecule has 2 N–H and O–H groups in total. The van der Waals surface area contributed by atoms with Crippen LogP contribution in [0.1, 0.15) is 31.9 Å². The summed E-state index contributed by atoms with van der Waals surface area (Å²) < 4.78 is 11.5. The lowest BCUT2D eigenvalue weighted by atomic mass is 10.1. The van der Waals surface area contributed by atoms with E-state index in [0.29, 0.717) is 18.0 Å². The molecule has 20 heavy (non-hydrogen) atoms. The molecule has 0 saturated carbocycles. The lowest BCUT2D eigenvalue weighted by molar-refractivity contribution is 0.225. The van der Waals surface area contributed by atoms with Crippen LogP contribution in [0.15, 0.2) is 48.5 Å². The smallest absolute Gasteiger partial charge is 0.145 e. The van der Waals surface area contributed by atoms with Crippen LogP contribution in [0.3, 0.4) is 0 Å². The molecule has 0 aliphatic carbocycles. The summed E-state index contributed by atoms with van der Waals surface area (Å²) in [4.78, 5) is 0. The van der Waals surface area contributed by atoms with Crippen molar-refractivity contribution in [2.24, 2.45) is 0 Å². The van der Waals surface area contributed by atoms with Crippen molar-refractivity contribution in [2.45, 2.75) is 26.4 Å². The Morgan fingerprint density at radius 1 is 1.10 bits per heavy atom. The van der Waals surface area contributed by atoms with Gasteiger partial charge in [0, 0.05) is 6.07 Å². The number of hydrogen-bond acceptors (Lipinski definition) is 3. The van der Waals surface area contributed by atoms with Crippen molar-refractivity contribution in [3.05, 3.63) is 54.1 Å². The minimum absolute atomic E-state index is 0.0150. The maximum Gasteiger partial charge on any atom is 0.145 e. The third-order valence-electron chi connectivity index (χ3n) is 3.03. The Hall–Kier alpha value is -2.16. The van der Waals surface area contributed by atoms with Crippen LogP contribution in [-0.4, -0.2) is 6.61 Å². The van der Waals surface area contributed by atoms with Crippen molar-refractivity contribution < 1.29 is 9.47 Å². The Bertz CT molecular complexity index is 540. The topological polar surface area (TPSA) is 44.5 Å². The van der Waals surface area contributed by atoms with E-state index in [-0.39, 0.29) is 6.10 Å². The molecule has 0 amide bonds. The third-order valence-corrected chi connectivity index (χ3v) is 3.03. The van der Waals surface area contributed by atoms with E-state index in [0.717, 1.165) is 17.7 Å². The van der Waals surface area contributed by atoms with Crippen LogP contribution in [0.2, 0.25) is 0 Å². The highest BCUT2D eigenvalue weighted by Gasteiger charge is 2.09. The van der Waals surface area contributed by atoms with Crippen LogP contribution in [0.5, 0.6) is 11.5 Å². The highest BCUT2D eigenvalue weighted by molar-refractivity contribution is 5.55. The van der Waals surface area contributed by atoms with Crippen molar-refractivity contribution >= 4 is 5.69 Å². The summed E-state index contributed by atoms with van der Waals surface area (Å²) in [7, 11) is 0. The first-order valence-corrected chi connectivity index (χ1v) is 6.94. The molecule has 0 aromatic heterocycles. The second-order valence-corrected chi connectivity index (χ2v) is 4.72. The Morgan fingerprint density at radius 2 is 1.85 bits per heavy atom. The Balaban J connectivity index is 2.09. The predicted molar refractivity (Wildman–Crippen MR) is 82.1 cm³/mol. The maximum absolute atomic E-state index is 5.94. The number of anilines is 1. The molecule has 0 fully saturated rings. The van der Waals surface area contributed by atoms with Gasteiger partial charge in [0.15, 0.2) is 0 Å². The molecule has 2 rings (SSSR count). The fourth-order valence-corrected chi connectivity index (χ4v) is 1.92. The van der Waals surface area contributed by atoms with E-state index in [1.165, 1.54) is 0 Å². The van der Waals surface area contributed by atoms with E-state index in [4.69, 9.17) is 15.2 Å². The largest absolute Gasteiger partial charge is 0.491 e. The summed E-state index contributed by atoms with van der Waals surface area (Å²) in [6.45, 7) is 4.74. The number of ether oxygens (including phenoxy) is 2. The Kier molecular flexibility index (Phi) is 4.88. The maximum atomic E-state index is 5.94. The first-order valence-electron chi connectivity index (χ1n) is 6.94. The first-order chi connectivity index (χ1) is 9.70. The van der Waals surface area contributed by atoms with Gasteiger partial charge < -0.3 is 15.2 Å². The second kappa shape index (κ2) is 6.85. The van der Waals surface area contributed by atoms with E-state index in [1.807, 2.05) is 43.3 Å². The zero-order valence-electron chi connectivity index (χ0n) is 12.0. The lowest BCUT2D eigenvalue weighted by Gasteiger charge is -2.16. The first kappa shape index (κ1) is 14.3. The van der Waals surface area contributed by atoms with E-state index in [1.54, 1.807) is 0 Å². The number of nitrogens with two attached hydrogens (primary N) is 1. The van der Waals surface area contributed by atoms with Gasteiger partial charge in [0.05, 0.1) is 12.3 Å². The normalized spacial score (nSPS) is 11.9. The standard InChI is InChI=1S/C17H21NO2/c1-3-11-19-17-12-15(9-10-16(17)18)20-13(2)14-7-5-4-6-8-14/h4-10,12-13H,3,11,18H2,1-2H3. The van der Waals surface area contributed by atoms with Crippen molar-refractivity contribution in [1.29, 1.82) is 0 Å². The van der Waals surface area contributed by atoms with E-state index in [2.05, 4.69) is 19.1 Å². The van der Waals surface area contributed by atoms with Crippen LogP contribution < -0.4 is 15.2 Å². The summed E-state index contributed by atoms with van der Waals surface area (Å²) >= 11 is 0. The molecule has 1 unspecified atom stereocenters. The van der Waals surface area contributed by atoms with Gasteiger partial charge in [-0.15, -0.1) is 0 Å². The van der Waals surface area contributed by atoms with Crippen LogP contribution in [0.4, 0.5) is 5.69 Å². The fraction of sp³-hybridized carbons (Fsp3) is 0.294. The van der Waals surface area contributed by atoms with Gasteiger partial charge in [0.25, 0.3) is 0 Å².